The molecule has 0 aliphatic rings. The highest BCUT2D eigenvalue weighted by molar-refractivity contribution is 5.99. The van der Waals surface area contributed by atoms with E-state index in [0.29, 0.717) is 5.56 Å². The summed E-state index contributed by atoms with van der Waals surface area (Å²) in [6, 6.07) is 13.3. The molecule has 4 nitrogen and oxygen atoms in total. The van der Waals surface area contributed by atoms with Crippen molar-refractivity contribution in [2.75, 3.05) is 11.9 Å². The van der Waals surface area contributed by atoms with Crippen molar-refractivity contribution in [1.82, 2.24) is 5.32 Å². The van der Waals surface area contributed by atoms with E-state index in [1.54, 1.807) is 12.1 Å². The number of benzene rings is 2. The van der Waals surface area contributed by atoms with Crippen LogP contribution in [0.3, 0.4) is 0 Å². The number of amides is 2. The Balaban J connectivity index is 1.91. The standard InChI is InChI=1S/C21H26N2O2/c1-14-10-15(2)12-18(11-14)23-19(24)13-22-20(25)16-6-8-17(9-7-16)21(3,4)5/h6-12H,13H2,1-5H3,(H,22,25)(H,23,24). The van der Waals surface area contributed by atoms with Crippen LogP contribution < -0.4 is 10.6 Å². The van der Waals surface area contributed by atoms with Crippen molar-refractivity contribution in [3.8, 4) is 0 Å². The molecule has 2 rings (SSSR count). The second kappa shape index (κ2) is 7.51. The van der Waals surface area contributed by atoms with Crippen molar-refractivity contribution in [2.45, 2.75) is 40.0 Å². The molecule has 0 aromatic heterocycles. The van der Waals surface area contributed by atoms with Gasteiger partial charge in [-0.1, -0.05) is 39.0 Å². The summed E-state index contributed by atoms with van der Waals surface area (Å²) < 4.78 is 0. The lowest BCUT2D eigenvalue weighted by Crippen LogP contribution is -2.32. The smallest absolute Gasteiger partial charge is 0.251 e. The van der Waals surface area contributed by atoms with Crippen LogP contribution in [0.2, 0.25) is 0 Å². The van der Waals surface area contributed by atoms with Gasteiger partial charge in [0.2, 0.25) is 5.91 Å². The maximum absolute atomic E-state index is 12.2. The van der Waals surface area contributed by atoms with E-state index >= 15 is 0 Å². The van der Waals surface area contributed by atoms with Gasteiger partial charge in [-0.15, -0.1) is 0 Å². The molecule has 0 atom stereocenters. The molecule has 132 valence electrons. The second-order valence-corrected chi connectivity index (χ2v) is 7.43. The van der Waals surface area contributed by atoms with Gasteiger partial charge >= 0.3 is 0 Å². The second-order valence-electron chi connectivity index (χ2n) is 7.43. The number of carbonyl (C=O) groups excluding carboxylic acids is 2. The minimum Gasteiger partial charge on any atom is -0.343 e. The maximum Gasteiger partial charge on any atom is 0.251 e. The monoisotopic (exact) mass is 338 g/mol. The molecule has 0 saturated heterocycles. The summed E-state index contributed by atoms with van der Waals surface area (Å²) in [5.41, 5.74) is 4.66. The van der Waals surface area contributed by atoms with Crippen LogP contribution in [-0.2, 0) is 10.2 Å². The third kappa shape index (κ3) is 5.45. The number of anilines is 1. The topological polar surface area (TPSA) is 58.2 Å². The summed E-state index contributed by atoms with van der Waals surface area (Å²) in [7, 11) is 0. The van der Waals surface area contributed by atoms with Crippen LogP contribution in [0.4, 0.5) is 5.69 Å². The Morgan fingerprint density at radius 1 is 0.920 bits per heavy atom. The molecule has 25 heavy (non-hydrogen) atoms. The van der Waals surface area contributed by atoms with E-state index in [0.717, 1.165) is 22.4 Å². The van der Waals surface area contributed by atoms with Gasteiger partial charge in [0.15, 0.2) is 0 Å². The molecule has 2 aromatic carbocycles. The predicted molar refractivity (Wildman–Crippen MR) is 102 cm³/mol. The normalized spacial score (nSPS) is 11.1. The number of hydrogen-bond donors (Lipinski definition) is 2. The summed E-state index contributed by atoms with van der Waals surface area (Å²) in [6.45, 7) is 10.3. The minimum atomic E-state index is -0.254. The van der Waals surface area contributed by atoms with Gasteiger partial charge in [0.1, 0.15) is 0 Å². The van der Waals surface area contributed by atoms with Gasteiger partial charge < -0.3 is 10.6 Å². The Morgan fingerprint density at radius 2 is 1.48 bits per heavy atom. The zero-order valence-corrected chi connectivity index (χ0v) is 15.6. The van der Waals surface area contributed by atoms with Gasteiger partial charge in [-0.05, 0) is 60.2 Å². The van der Waals surface area contributed by atoms with Crippen molar-refractivity contribution >= 4 is 17.5 Å². The van der Waals surface area contributed by atoms with E-state index < -0.39 is 0 Å². The van der Waals surface area contributed by atoms with Gasteiger partial charge in [0.25, 0.3) is 5.91 Å². The molecule has 0 fully saturated rings. The van der Waals surface area contributed by atoms with Crippen LogP contribution in [0.15, 0.2) is 42.5 Å². The summed E-state index contributed by atoms with van der Waals surface area (Å²) in [5, 5.41) is 5.46. The molecular formula is C21H26N2O2. The third-order valence-corrected chi connectivity index (χ3v) is 3.93. The average molecular weight is 338 g/mol. The predicted octanol–water partition coefficient (Wildman–Crippen LogP) is 3.97. The fourth-order valence-corrected chi connectivity index (χ4v) is 2.64. The Kier molecular flexibility index (Phi) is 5.62. The van der Waals surface area contributed by atoms with E-state index in [1.165, 1.54) is 0 Å². The highest BCUT2D eigenvalue weighted by Crippen LogP contribution is 2.22. The molecule has 0 bridgehead atoms. The van der Waals surface area contributed by atoms with Crippen molar-refractivity contribution < 1.29 is 9.59 Å². The van der Waals surface area contributed by atoms with Crippen LogP contribution >= 0.6 is 0 Å². The van der Waals surface area contributed by atoms with Crippen LogP contribution in [0.25, 0.3) is 0 Å². The summed E-state index contributed by atoms with van der Waals surface area (Å²) in [5.74, 6) is -0.499. The van der Waals surface area contributed by atoms with Gasteiger partial charge in [-0.25, -0.2) is 0 Å². The first kappa shape index (κ1) is 18.7. The maximum atomic E-state index is 12.2. The molecule has 2 amide bonds. The fourth-order valence-electron chi connectivity index (χ4n) is 2.64. The molecule has 0 unspecified atom stereocenters. The number of aryl methyl sites for hydroxylation is 2. The van der Waals surface area contributed by atoms with Crippen LogP contribution in [0, 0.1) is 13.8 Å². The summed E-state index contributed by atoms with van der Waals surface area (Å²) in [4.78, 5) is 24.2. The van der Waals surface area contributed by atoms with E-state index in [2.05, 4.69) is 31.4 Å². The van der Waals surface area contributed by atoms with E-state index in [1.807, 2.05) is 44.2 Å². The number of nitrogens with one attached hydrogen (secondary N) is 2. The van der Waals surface area contributed by atoms with Crippen molar-refractivity contribution in [2.24, 2.45) is 0 Å². The summed E-state index contributed by atoms with van der Waals surface area (Å²) in [6.07, 6.45) is 0. The molecule has 0 heterocycles. The Morgan fingerprint density at radius 3 is 2.00 bits per heavy atom. The zero-order chi connectivity index (χ0) is 18.6. The molecular weight excluding hydrogens is 312 g/mol. The quantitative estimate of drug-likeness (QED) is 0.886. The average Bonchev–Trinajstić information content (AvgIpc) is 2.51. The van der Waals surface area contributed by atoms with E-state index in [-0.39, 0.29) is 23.8 Å². The van der Waals surface area contributed by atoms with Crippen molar-refractivity contribution in [1.29, 1.82) is 0 Å². The Hall–Kier alpha value is -2.62. The molecule has 0 saturated carbocycles. The largest absolute Gasteiger partial charge is 0.343 e. The lowest BCUT2D eigenvalue weighted by Gasteiger charge is -2.19. The van der Waals surface area contributed by atoms with Gasteiger partial charge in [0, 0.05) is 11.3 Å². The summed E-state index contributed by atoms with van der Waals surface area (Å²) >= 11 is 0. The fraction of sp³-hybridized carbons (Fsp3) is 0.333. The van der Waals surface area contributed by atoms with Crippen molar-refractivity contribution in [3.05, 3.63) is 64.7 Å². The Labute approximate surface area is 149 Å². The third-order valence-electron chi connectivity index (χ3n) is 3.93. The number of hydrogen-bond acceptors (Lipinski definition) is 2. The SMILES string of the molecule is Cc1cc(C)cc(NC(=O)CNC(=O)c2ccc(C(C)(C)C)cc2)c1. The zero-order valence-electron chi connectivity index (χ0n) is 15.6. The lowest BCUT2D eigenvalue weighted by molar-refractivity contribution is -0.115. The highest BCUT2D eigenvalue weighted by atomic mass is 16.2. The van der Waals surface area contributed by atoms with E-state index in [9.17, 15) is 9.59 Å². The van der Waals surface area contributed by atoms with Crippen molar-refractivity contribution in [3.63, 3.8) is 0 Å². The molecule has 4 heteroatoms. The lowest BCUT2D eigenvalue weighted by atomic mass is 9.87. The molecule has 0 aliphatic heterocycles. The first-order valence-corrected chi connectivity index (χ1v) is 8.42. The highest BCUT2D eigenvalue weighted by Gasteiger charge is 2.14. The molecule has 0 spiro atoms. The first-order chi connectivity index (χ1) is 11.6. The molecule has 2 N–H and O–H groups in total. The van der Waals surface area contributed by atoms with Gasteiger partial charge in [-0.2, -0.15) is 0 Å². The number of carbonyl (C=O) groups is 2. The molecule has 0 aliphatic carbocycles. The van der Waals surface area contributed by atoms with Gasteiger partial charge in [-0.3, -0.25) is 9.59 Å². The van der Waals surface area contributed by atoms with E-state index in [4.69, 9.17) is 0 Å². The first-order valence-electron chi connectivity index (χ1n) is 8.42. The number of rotatable bonds is 4. The van der Waals surface area contributed by atoms with Gasteiger partial charge in [0.05, 0.1) is 6.54 Å². The molecule has 2 aromatic rings. The molecule has 0 radical (unpaired) electrons. The van der Waals surface area contributed by atoms with Crippen LogP contribution in [0.1, 0.15) is 47.8 Å². The van der Waals surface area contributed by atoms with Crippen LogP contribution in [0.5, 0.6) is 0 Å². The minimum absolute atomic E-state index is 0.0425. The Bertz CT molecular complexity index is 751. The van der Waals surface area contributed by atoms with Crippen LogP contribution in [-0.4, -0.2) is 18.4 Å².